The molecule has 2 aliphatic heterocycles. The van der Waals surface area contributed by atoms with Gasteiger partial charge in [-0.3, -0.25) is 19.3 Å². The van der Waals surface area contributed by atoms with Crippen LogP contribution in [0.15, 0.2) is 18.2 Å². The van der Waals surface area contributed by atoms with Crippen LogP contribution in [0.5, 0.6) is 5.75 Å². The quantitative estimate of drug-likeness (QED) is 0.395. The van der Waals surface area contributed by atoms with Crippen molar-refractivity contribution in [3.8, 4) is 5.75 Å². The summed E-state index contributed by atoms with van der Waals surface area (Å²) in [5.74, 6) is -1.09. The first-order valence-corrected chi connectivity index (χ1v) is 8.77. The normalized spacial score (nSPS) is 25.5. The molecule has 154 valence electrons. The Balaban J connectivity index is 0.000000345. The van der Waals surface area contributed by atoms with Gasteiger partial charge >= 0.3 is 11.9 Å². The maximum Gasteiger partial charge on any atom is 0.321 e. The number of aliphatic carboxylic acids is 1. The molecule has 0 aromatic heterocycles. The highest BCUT2D eigenvalue weighted by molar-refractivity contribution is 5.79. The number of carboxylic acid groups (broad SMARTS) is 1. The van der Waals surface area contributed by atoms with E-state index in [-0.39, 0.29) is 12.0 Å². The third kappa shape index (κ3) is 4.26. The third-order valence-electron chi connectivity index (χ3n) is 4.57. The number of nitrogens with zero attached hydrogens (tertiary/aromatic N) is 1. The molecule has 1 aromatic rings. The lowest BCUT2D eigenvalue weighted by Crippen LogP contribution is -2.44. The first kappa shape index (κ1) is 21.6. The average molecular weight is 394 g/mol. The molecule has 1 saturated heterocycles. The third-order valence-corrected chi connectivity index (χ3v) is 4.57. The highest BCUT2D eigenvalue weighted by atomic mass is 16.5. The van der Waals surface area contributed by atoms with Crippen molar-refractivity contribution in [2.45, 2.75) is 57.5 Å². The molecular formula is C19H26N2O7. The molecule has 3 rings (SSSR count). The second kappa shape index (κ2) is 7.76. The zero-order valence-corrected chi connectivity index (χ0v) is 16.6. The molecule has 3 N–H and O–H groups in total. The molecule has 1 fully saturated rings. The van der Waals surface area contributed by atoms with Gasteiger partial charge in [-0.1, -0.05) is 12.1 Å². The summed E-state index contributed by atoms with van der Waals surface area (Å²) in [5, 5.41) is 23.2. The molecular weight excluding hydrogens is 368 g/mol. The molecule has 0 bridgehead atoms. The first-order valence-electron chi connectivity index (χ1n) is 8.77. The van der Waals surface area contributed by atoms with Crippen molar-refractivity contribution in [1.82, 2.24) is 4.90 Å². The predicted octanol–water partition coefficient (Wildman–Crippen LogP) is 1.30. The number of ether oxygens (including phenoxy) is 2. The Bertz CT molecular complexity index is 774. The summed E-state index contributed by atoms with van der Waals surface area (Å²) in [4.78, 5) is 33.6. The molecule has 0 saturated carbocycles. The van der Waals surface area contributed by atoms with Gasteiger partial charge in [-0.25, -0.2) is 0 Å². The van der Waals surface area contributed by atoms with Crippen molar-refractivity contribution < 1.29 is 34.1 Å². The molecule has 1 aromatic carbocycles. The number of rotatable bonds is 3. The molecule has 3 unspecified atom stereocenters. The Morgan fingerprint density at radius 2 is 2.00 bits per heavy atom. The number of para-hydroxylation sites is 1. The number of anilines is 1. The van der Waals surface area contributed by atoms with Gasteiger partial charge in [0.2, 0.25) is 0 Å². The zero-order valence-electron chi connectivity index (χ0n) is 16.6. The van der Waals surface area contributed by atoms with Gasteiger partial charge in [-0.05, 0) is 33.9 Å². The number of benzene rings is 1. The molecule has 9 nitrogen and oxygen atoms in total. The van der Waals surface area contributed by atoms with Crippen molar-refractivity contribution in [3.05, 3.63) is 23.8 Å². The van der Waals surface area contributed by atoms with Crippen LogP contribution in [0.3, 0.4) is 0 Å². The number of fused-ring (bicyclic) bond motifs is 3. The van der Waals surface area contributed by atoms with Crippen LogP contribution < -0.4 is 10.1 Å². The van der Waals surface area contributed by atoms with E-state index in [1.165, 1.54) is 6.92 Å². The van der Waals surface area contributed by atoms with Crippen LogP contribution in [0.4, 0.5) is 5.69 Å². The summed E-state index contributed by atoms with van der Waals surface area (Å²) in [6.45, 7) is 7.22. The molecule has 28 heavy (non-hydrogen) atoms. The van der Waals surface area contributed by atoms with E-state index in [4.69, 9.17) is 4.74 Å². The van der Waals surface area contributed by atoms with Crippen molar-refractivity contribution in [2.24, 2.45) is 0 Å². The van der Waals surface area contributed by atoms with Gasteiger partial charge in [-0.2, -0.15) is 0 Å². The maximum absolute atomic E-state index is 11.3. The van der Waals surface area contributed by atoms with E-state index in [2.05, 4.69) is 10.1 Å². The highest BCUT2D eigenvalue weighted by Crippen LogP contribution is 2.51. The van der Waals surface area contributed by atoms with Crippen molar-refractivity contribution in [3.63, 3.8) is 0 Å². The smallest absolute Gasteiger partial charge is 0.321 e. The molecule has 0 amide bonds. The predicted molar refractivity (Wildman–Crippen MR) is 99.8 cm³/mol. The zero-order chi connectivity index (χ0) is 21.3. The molecule has 3 atom stereocenters. The summed E-state index contributed by atoms with van der Waals surface area (Å²) < 4.78 is 9.68. The molecule has 2 aliphatic rings. The van der Waals surface area contributed by atoms with Crippen molar-refractivity contribution >= 4 is 24.1 Å². The standard InChI is InChI=1S/C14H16N2O5.C5H10O2/c1-7(17)21-10-5-3-4-8-11(10)15-13-14(8,20)6-9(12(18)19)16(13)2;1-5(2,3)7-4-6/h3-5,9,13,15,20H,6H2,1-2H3,(H,18,19);4H,1-3H3. The summed E-state index contributed by atoms with van der Waals surface area (Å²) >= 11 is 0. The van der Waals surface area contributed by atoms with E-state index in [1.807, 2.05) is 20.8 Å². The number of likely N-dealkylation sites (tertiary alicyclic amines) is 1. The van der Waals surface area contributed by atoms with Gasteiger partial charge in [0.15, 0.2) is 5.75 Å². The lowest BCUT2D eigenvalue weighted by Gasteiger charge is -2.25. The molecule has 0 spiro atoms. The lowest BCUT2D eigenvalue weighted by atomic mass is 9.91. The number of carboxylic acids is 1. The van der Waals surface area contributed by atoms with Gasteiger partial charge in [0.05, 0.1) is 5.69 Å². The van der Waals surface area contributed by atoms with E-state index in [9.17, 15) is 24.6 Å². The SMILES string of the molecule is CC(=O)Oc1cccc2c1NC1N(C)C(C(=O)O)CC21O.CC(C)(C)OC=O. The van der Waals surface area contributed by atoms with E-state index >= 15 is 0 Å². The minimum Gasteiger partial charge on any atom is -0.480 e. The Morgan fingerprint density at radius 1 is 1.36 bits per heavy atom. The van der Waals surface area contributed by atoms with Crippen LogP contribution in [0.25, 0.3) is 0 Å². The highest BCUT2D eigenvalue weighted by Gasteiger charge is 2.58. The number of carbonyl (C=O) groups excluding carboxylic acids is 2. The van der Waals surface area contributed by atoms with Gasteiger partial charge in [-0.15, -0.1) is 0 Å². The van der Waals surface area contributed by atoms with E-state index in [0.29, 0.717) is 23.5 Å². The fraction of sp³-hybridized carbons (Fsp3) is 0.526. The second-order valence-corrected chi connectivity index (χ2v) is 7.79. The Kier molecular flexibility index (Phi) is 6.00. The fourth-order valence-corrected chi connectivity index (χ4v) is 3.37. The Hall–Kier alpha value is -2.65. The summed E-state index contributed by atoms with van der Waals surface area (Å²) in [6, 6.07) is 4.26. The van der Waals surface area contributed by atoms with E-state index < -0.39 is 29.7 Å². The van der Waals surface area contributed by atoms with Crippen LogP contribution in [0.2, 0.25) is 0 Å². The Morgan fingerprint density at radius 3 is 2.46 bits per heavy atom. The van der Waals surface area contributed by atoms with E-state index in [1.54, 1.807) is 30.1 Å². The first-order chi connectivity index (χ1) is 12.9. The number of hydrogen-bond donors (Lipinski definition) is 3. The van der Waals surface area contributed by atoms with E-state index in [0.717, 1.165) is 0 Å². The largest absolute Gasteiger partial charge is 0.480 e. The molecule has 0 radical (unpaired) electrons. The number of nitrogens with one attached hydrogen (secondary N) is 1. The van der Waals surface area contributed by atoms with Gasteiger partial charge < -0.3 is 25.0 Å². The van der Waals surface area contributed by atoms with Gasteiger partial charge in [0.1, 0.15) is 23.4 Å². The topological polar surface area (TPSA) is 125 Å². The van der Waals surface area contributed by atoms with Crippen LogP contribution in [0, 0.1) is 0 Å². The fourth-order valence-electron chi connectivity index (χ4n) is 3.37. The summed E-state index contributed by atoms with van der Waals surface area (Å²) in [6.07, 6.45) is -0.488. The number of aliphatic hydroxyl groups is 1. The van der Waals surface area contributed by atoms with Crippen LogP contribution in [-0.4, -0.2) is 58.4 Å². The minimum atomic E-state index is -1.32. The van der Waals surface area contributed by atoms with Gasteiger partial charge in [0.25, 0.3) is 6.47 Å². The van der Waals surface area contributed by atoms with Crippen molar-refractivity contribution in [2.75, 3.05) is 12.4 Å². The monoisotopic (exact) mass is 394 g/mol. The minimum absolute atomic E-state index is 0.0764. The number of esters is 1. The maximum atomic E-state index is 11.3. The number of likely N-dealkylation sites (N-methyl/N-ethyl adjacent to an activating group) is 1. The summed E-state index contributed by atoms with van der Waals surface area (Å²) in [5.41, 5.74) is -0.539. The summed E-state index contributed by atoms with van der Waals surface area (Å²) in [7, 11) is 1.64. The van der Waals surface area contributed by atoms with Crippen molar-refractivity contribution in [1.29, 1.82) is 0 Å². The molecule has 9 heteroatoms. The second-order valence-electron chi connectivity index (χ2n) is 7.79. The Labute approximate surface area is 163 Å². The van der Waals surface area contributed by atoms with Crippen LogP contribution in [0.1, 0.15) is 39.7 Å². The lowest BCUT2D eigenvalue weighted by molar-refractivity contribution is -0.142. The number of hydrogen-bond acceptors (Lipinski definition) is 8. The van der Waals surface area contributed by atoms with Crippen LogP contribution in [-0.2, 0) is 24.7 Å². The van der Waals surface area contributed by atoms with Gasteiger partial charge in [0, 0.05) is 18.9 Å². The van der Waals surface area contributed by atoms with Crippen LogP contribution >= 0.6 is 0 Å². The number of carbonyl (C=O) groups is 3. The average Bonchev–Trinajstić information content (AvgIpc) is 2.98. The molecule has 0 aliphatic carbocycles. The molecule has 2 heterocycles.